The highest BCUT2D eigenvalue weighted by atomic mass is 16.6. The van der Waals surface area contributed by atoms with Gasteiger partial charge in [0.1, 0.15) is 13.2 Å². The second kappa shape index (κ2) is 53.7. The minimum atomic E-state index is -0.788. The van der Waals surface area contributed by atoms with E-state index < -0.39 is 6.10 Å². The molecular weight excluding hydrogens is 817 g/mol. The van der Waals surface area contributed by atoms with Crippen LogP contribution in [0.25, 0.3) is 0 Å². The minimum Gasteiger partial charge on any atom is -0.462 e. The van der Waals surface area contributed by atoms with E-state index in [4.69, 9.17) is 14.2 Å². The Hall–Kier alpha value is -3.93. The van der Waals surface area contributed by atoms with Gasteiger partial charge >= 0.3 is 17.9 Å². The third-order valence-corrected chi connectivity index (χ3v) is 11.0. The summed E-state index contributed by atoms with van der Waals surface area (Å²) in [6.45, 7) is 6.32. The van der Waals surface area contributed by atoms with Crippen molar-refractivity contribution in [2.45, 2.75) is 239 Å². The first-order valence-electron chi connectivity index (χ1n) is 26.9. The number of unbranched alkanes of at least 4 members (excludes halogenated alkanes) is 18. The normalized spacial score (nSPS) is 13.0. The Morgan fingerprint density at radius 2 is 0.591 bits per heavy atom. The van der Waals surface area contributed by atoms with Gasteiger partial charge in [-0.25, -0.2) is 0 Å². The molecule has 0 spiro atoms. The van der Waals surface area contributed by atoms with Crippen LogP contribution in [0.3, 0.4) is 0 Å². The second-order valence-electron chi connectivity index (χ2n) is 17.4. The van der Waals surface area contributed by atoms with Crippen LogP contribution >= 0.6 is 0 Å². The van der Waals surface area contributed by atoms with Gasteiger partial charge in [0.25, 0.3) is 0 Å². The molecule has 1 atom stereocenters. The zero-order valence-corrected chi connectivity index (χ0v) is 42.7. The molecule has 0 aliphatic rings. The van der Waals surface area contributed by atoms with Crippen LogP contribution in [0.4, 0.5) is 0 Å². The lowest BCUT2D eigenvalue weighted by atomic mass is 10.1. The highest BCUT2D eigenvalue weighted by Gasteiger charge is 2.19. The van der Waals surface area contributed by atoms with Gasteiger partial charge in [0, 0.05) is 19.3 Å². The third-order valence-electron chi connectivity index (χ3n) is 11.0. The molecule has 0 rings (SSSR count). The van der Waals surface area contributed by atoms with E-state index in [1.165, 1.54) is 57.8 Å². The Kier molecular flexibility index (Phi) is 50.5. The molecule has 6 heteroatoms. The predicted octanol–water partition coefficient (Wildman–Crippen LogP) is 17.9. The van der Waals surface area contributed by atoms with Crippen molar-refractivity contribution in [3.8, 4) is 0 Å². The summed E-state index contributed by atoms with van der Waals surface area (Å²) in [4.78, 5) is 37.8. The highest BCUT2D eigenvalue weighted by Crippen LogP contribution is 2.14. The molecule has 374 valence electrons. The largest absolute Gasteiger partial charge is 0.462 e. The fourth-order valence-electron chi connectivity index (χ4n) is 7.05. The number of carbonyl (C=O) groups excluding carboxylic acids is 3. The van der Waals surface area contributed by atoms with Crippen LogP contribution in [0.2, 0.25) is 0 Å². The minimum absolute atomic E-state index is 0.0885. The summed E-state index contributed by atoms with van der Waals surface area (Å²) in [5, 5.41) is 0. The van der Waals surface area contributed by atoms with Crippen molar-refractivity contribution >= 4 is 17.9 Å². The molecule has 1 unspecified atom stereocenters. The maximum absolute atomic E-state index is 12.8. The van der Waals surface area contributed by atoms with Gasteiger partial charge in [-0.3, -0.25) is 14.4 Å². The molecule has 0 radical (unpaired) electrons. The number of allylic oxidation sites excluding steroid dienone is 18. The molecule has 0 aliphatic heterocycles. The highest BCUT2D eigenvalue weighted by molar-refractivity contribution is 5.71. The average molecular weight is 915 g/mol. The molecule has 6 nitrogen and oxygen atoms in total. The van der Waals surface area contributed by atoms with Crippen LogP contribution in [-0.2, 0) is 28.6 Å². The van der Waals surface area contributed by atoms with Crippen molar-refractivity contribution in [3.63, 3.8) is 0 Å². The van der Waals surface area contributed by atoms with Crippen molar-refractivity contribution < 1.29 is 28.6 Å². The second-order valence-corrected chi connectivity index (χ2v) is 17.4. The van der Waals surface area contributed by atoms with Crippen LogP contribution in [0.15, 0.2) is 109 Å². The SMILES string of the molecule is CC/C=C\C/C=C\C/C=C\C/C=C\C/C=C\C/C=C\CCCCCCCCC(=O)OCC(COC(=O)CCCCCCCC)OC(=O)CCCCCCCCC/C=C\C/C=C\C/C=C\CC. The molecule has 0 saturated heterocycles. The number of hydrogen-bond acceptors (Lipinski definition) is 6. The van der Waals surface area contributed by atoms with Crippen LogP contribution < -0.4 is 0 Å². The van der Waals surface area contributed by atoms with Gasteiger partial charge < -0.3 is 14.2 Å². The summed E-state index contributed by atoms with van der Waals surface area (Å²) in [5.41, 5.74) is 0. The number of hydrogen-bond donors (Lipinski definition) is 0. The Labute approximate surface area is 406 Å². The van der Waals surface area contributed by atoms with Crippen LogP contribution in [0.5, 0.6) is 0 Å². The quantitative estimate of drug-likeness (QED) is 0.0262. The zero-order valence-electron chi connectivity index (χ0n) is 42.7. The molecule has 0 N–H and O–H groups in total. The Morgan fingerprint density at radius 3 is 0.924 bits per heavy atom. The van der Waals surface area contributed by atoms with E-state index in [0.717, 1.165) is 135 Å². The first-order valence-corrected chi connectivity index (χ1v) is 26.9. The molecule has 0 heterocycles. The van der Waals surface area contributed by atoms with Gasteiger partial charge in [-0.15, -0.1) is 0 Å². The smallest absolute Gasteiger partial charge is 0.306 e. The molecule has 0 fully saturated rings. The van der Waals surface area contributed by atoms with Crippen LogP contribution in [0, 0.1) is 0 Å². The lowest BCUT2D eigenvalue weighted by Gasteiger charge is -2.18. The van der Waals surface area contributed by atoms with E-state index in [0.29, 0.717) is 19.3 Å². The molecule has 0 amide bonds. The molecule has 0 aliphatic carbocycles. The lowest BCUT2D eigenvalue weighted by molar-refractivity contribution is -0.167. The van der Waals surface area contributed by atoms with Gasteiger partial charge in [-0.05, 0) is 103 Å². The number of ether oxygens (including phenoxy) is 3. The van der Waals surface area contributed by atoms with Gasteiger partial charge in [-0.1, -0.05) is 220 Å². The zero-order chi connectivity index (χ0) is 47.9. The Bertz CT molecular complexity index is 1370. The molecule has 66 heavy (non-hydrogen) atoms. The standard InChI is InChI=1S/C60H98O6/c1-4-7-10-13-16-18-20-22-24-26-27-28-29-30-31-32-33-35-36-38-40-42-44-47-50-53-59(62)65-56-57(55-64-58(61)52-49-46-15-12-9-6-3)66-60(63)54-51-48-45-43-41-39-37-34-25-23-21-19-17-14-11-8-5-2/h7-8,10-11,16-19,22-25,27-28,30-31,33,35,57H,4-6,9,12-15,20-21,26,29,32,34,36-56H2,1-3H3/b10-7-,11-8-,18-16-,19-17-,24-22-,25-23-,28-27-,31-30-,35-33-. The van der Waals surface area contributed by atoms with Gasteiger partial charge in [0.2, 0.25) is 0 Å². The lowest BCUT2D eigenvalue weighted by Crippen LogP contribution is -2.30. The van der Waals surface area contributed by atoms with Crippen LogP contribution in [0.1, 0.15) is 233 Å². The Morgan fingerprint density at radius 1 is 0.318 bits per heavy atom. The predicted molar refractivity (Wildman–Crippen MR) is 283 cm³/mol. The van der Waals surface area contributed by atoms with E-state index in [-0.39, 0.29) is 31.1 Å². The summed E-state index contributed by atoms with van der Waals surface area (Å²) in [6, 6.07) is 0. The molecule has 0 aromatic carbocycles. The fraction of sp³-hybridized carbons (Fsp3) is 0.650. The molecule has 0 saturated carbocycles. The van der Waals surface area contributed by atoms with E-state index in [1.54, 1.807) is 0 Å². The summed E-state index contributed by atoms with van der Waals surface area (Å²) in [7, 11) is 0. The number of rotatable bonds is 47. The fourth-order valence-corrected chi connectivity index (χ4v) is 7.05. The topological polar surface area (TPSA) is 78.9 Å². The first-order chi connectivity index (χ1) is 32.5. The number of esters is 3. The Balaban J connectivity index is 4.24. The molecule has 0 aromatic rings. The van der Waals surface area contributed by atoms with Crippen molar-refractivity contribution in [1.29, 1.82) is 0 Å². The first kappa shape index (κ1) is 62.1. The van der Waals surface area contributed by atoms with Gasteiger partial charge in [0.05, 0.1) is 0 Å². The average Bonchev–Trinajstić information content (AvgIpc) is 3.31. The summed E-state index contributed by atoms with van der Waals surface area (Å²) in [6.07, 6.45) is 72.4. The molecule has 0 aromatic heterocycles. The summed E-state index contributed by atoms with van der Waals surface area (Å²) < 4.78 is 16.7. The van der Waals surface area contributed by atoms with E-state index in [2.05, 4.69) is 130 Å². The molecular formula is C60H98O6. The van der Waals surface area contributed by atoms with Crippen molar-refractivity contribution in [1.82, 2.24) is 0 Å². The van der Waals surface area contributed by atoms with E-state index >= 15 is 0 Å². The van der Waals surface area contributed by atoms with Crippen LogP contribution in [-0.4, -0.2) is 37.2 Å². The van der Waals surface area contributed by atoms with Crippen molar-refractivity contribution in [2.75, 3.05) is 13.2 Å². The van der Waals surface area contributed by atoms with Crippen molar-refractivity contribution in [2.24, 2.45) is 0 Å². The van der Waals surface area contributed by atoms with Gasteiger partial charge in [0.15, 0.2) is 6.10 Å². The summed E-state index contributed by atoms with van der Waals surface area (Å²) in [5.74, 6) is -0.927. The summed E-state index contributed by atoms with van der Waals surface area (Å²) >= 11 is 0. The molecule has 0 bridgehead atoms. The van der Waals surface area contributed by atoms with Crippen molar-refractivity contribution in [3.05, 3.63) is 109 Å². The monoisotopic (exact) mass is 915 g/mol. The van der Waals surface area contributed by atoms with Gasteiger partial charge in [-0.2, -0.15) is 0 Å². The maximum Gasteiger partial charge on any atom is 0.306 e. The van der Waals surface area contributed by atoms with E-state index in [1.807, 2.05) is 0 Å². The number of carbonyl (C=O) groups is 3. The maximum atomic E-state index is 12.8. The van der Waals surface area contributed by atoms with E-state index in [9.17, 15) is 14.4 Å². The third kappa shape index (κ3) is 51.1.